The molecule has 1 aromatic heterocycles. The summed E-state index contributed by atoms with van der Waals surface area (Å²) in [4.78, 5) is 60.7. The normalized spacial score (nSPS) is 20.8. The Hall–Kier alpha value is -4.07. The molecule has 1 aliphatic carbocycles. The van der Waals surface area contributed by atoms with Gasteiger partial charge in [-0.15, -0.1) is 0 Å². The maximum absolute atomic E-state index is 15.6. The summed E-state index contributed by atoms with van der Waals surface area (Å²) in [6.45, 7) is 9.92. The number of benzene rings is 1. The van der Waals surface area contributed by atoms with Crippen LogP contribution in [0.25, 0.3) is 0 Å². The summed E-state index contributed by atoms with van der Waals surface area (Å²) in [5, 5.41) is 12.5. The van der Waals surface area contributed by atoms with Crippen LogP contribution in [0.2, 0.25) is 0 Å². The highest BCUT2D eigenvalue weighted by molar-refractivity contribution is 6.45. The highest BCUT2D eigenvalue weighted by atomic mass is 19.1. The molecule has 12 nitrogen and oxygen atoms in total. The number of carbonyl (C=O) groups is 4. The van der Waals surface area contributed by atoms with Gasteiger partial charge in [0.2, 0.25) is 5.91 Å². The minimum Gasteiger partial charge on any atom is -0.341 e. The van der Waals surface area contributed by atoms with Crippen LogP contribution in [-0.2, 0) is 20.8 Å². The lowest BCUT2D eigenvalue weighted by molar-refractivity contribution is -0.141. The van der Waals surface area contributed by atoms with Crippen LogP contribution in [0, 0.1) is 17.7 Å². The van der Waals surface area contributed by atoms with Gasteiger partial charge in [-0.3, -0.25) is 19.2 Å². The summed E-state index contributed by atoms with van der Waals surface area (Å²) in [5.41, 5.74) is -1.79. The van der Waals surface area contributed by atoms with Crippen LogP contribution in [0.15, 0.2) is 27.8 Å². The number of alkyl halides is 1. The van der Waals surface area contributed by atoms with E-state index in [-0.39, 0.29) is 28.9 Å². The van der Waals surface area contributed by atoms with Crippen molar-refractivity contribution in [3.8, 4) is 0 Å². The van der Waals surface area contributed by atoms with E-state index in [0.717, 1.165) is 26.7 Å². The van der Waals surface area contributed by atoms with E-state index >= 15 is 4.39 Å². The van der Waals surface area contributed by atoms with Gasteiger partial charge < -0.3 is 20.4 Å². The van der Waals surface area contributed by atoms with Gasteiger partial charge in [0.05, 0.1) is 5.69 Å². The molecular formula is C33H45F2N7O5. The molecule has 256 valence electrons. The van der Waals surface area contributed by atoms with Gasteiger partial charge in [0, 0.05) is 38.0 Å². The second-order valence-electron chi connectivity index (χ2n) is 13.2. The minimum absolute atomic E-state index is 0.0156. The van der Waals surface area contributed by atoms with Crippen molar-refractivity contribution in [2.24, 2.45) is 16.8 Å². The number of aromatic nitrogens is 2. The van der Waals surface area contributed by atoms with E-state index in [0.29, 0.717) is 62.6 Å². The Morgan fingerprint density at radius 2 is 1.74 bits per heavy atom. The van der Waals surface area contributed by atoms with Gasteiger partial charge in [0.1, 0.15) is 23.3 Å². The standard InChI is InChI=1S/C33H45F2N7O5/c1-7-24-28(40-47-39-24)30(44)37-27(21-10-8-19(2)9-11-21)29(43)36-25-13-12-22(18-23(25)34)20(3)26(38-32(46)33(4,5)35)31(45)42-16-14-41(6)15-17-42/h12-13,18-21,26H,7-11,14-17H2,1-6H3,(H,36,43)(H,38,46)/t19?,20-,21?,26+/m0/s1. The maximum atomic E-state index is 15.6. The Labute approximate surface area is 273 Å². The molecular weight excluding hydrogens is 612 g/mol. The number of anilines is 1. The van der Waals surface area contributed by atoms with Crippen molar-refractivity contribution in [3.63, 3.8) is 0 Å². The summed E-state index contributed by atoms with van der Waals surface area (Å²) in [5.74, 6) is -4.18. The predicted octanol–water partition coefficient (Wildman–Crippen LogP) is 3.93. The van der Waals surface area contributed by atoms with E-state index in [4.69, 9.17) is 4.63 Å². The second-order valence-corrected chi connectivity index (χ2v) is 13.2. The number of piperazine rings is 1. The van der Waals surface area contributed by atoms with E-state index in [1.807, 2.05) is 7.05 Å². The lowest BCUT2D eigenvalue weighted by Crippen LogP contribution is -2.57. The number of nitrogens with one attached hydrogen (secondary N) is 2. The van der Waals surface area contributed by atoms with Crippen molar-refractivity contribution in [2.45, 2.75) is 84.4 Å². The van der Waals surface area contributed by atoms with Crippen LogP contribution in [0.1, 0.15) is 88.0 Å². The number of aryl methyl sites for hydroxylation is 1. The molecule has 2 aromatic rings. The Bertz CT molecular complexity index is 1490. The summed E-state index contributed by atoms with van der Waals surface area (Å²) in [6, 6.07) is 2.92. The molecule has 47 heavy (non-hydrogen) atoms. The Morgan fingerprint density at radius 1 is 1.09 bits per heavy atom. The number of halogens is 2. The van der Waals surface area contributed by atoms with Crippen LogP contribution in [0.4, 0.5) is 14.5 Å². The van der Waals surface area contributed by atoms with Crippen molar-refractivity contribution < 1.29 is 32.6 Å². The summed E-state index contributed by atoms with van der Waals surface area (Å²) < 4.78 is 34.9. The number of aliphatic imine (C=N–C) groups is 1. The van der Waals surface area contributed by atoms with E-state index in [1.54, 1.807) is 24.8 Å². The molecule has 2 N–H and O–H groups in total. The molecule has 2 heterocycles. The maximum Gasteiger partial charge on any atom is 0.301 e. The SMILES string of the molecule is CCc1nonc1C(=O)N=C(C(=O)Nc1ccc([C@H](C)[C@@H](NC(=O)C(C)(C)F)C(=O)N2CCN(C)CC2)cc1F)C1CCC(C)CC1. The molecule has 0 unspecified atom stereocenters. The Kier molecular flexibility index (Phi) is 11.6. The van der Waals surface area contributed by atoms with Crippen molar-refractivity contribution >= 4 is 35.0 Å². The van der Waals surface area contributed by atoms with E-state index in [9.17, 15) is 23.6 Å². The third-order valence-electron chi connectivity index (χ3n) is 9.13. The van der Waals surface area contributed by atoms with Crippen LogP contribution >= 0.6 is 0 Å². The third kappa shape index (κ3) is 8.85. The summed E-state index contributed by atoms with van der Waals surface area (Å²) in [6.07, 6.45) is 3.36. The zero-order valence-electron chi connectivity index (χ0n) is 27.9. The number of nitrogens with zero attached hydrogens (tertiary/aromatic N) is 5. The lowest BCUT2D eigenvalue weighted by Gasteiger charge is -2.36. The van der Waals surface area contributed by atoms with Crippen LogP contribution in [-0.4, -0.2) is 94.4 Å². The third-order valence-corrected chi connectivity index (χ3v) is 9.13. The minimum atomic E-state index is -2.24. The molecule has 1 aliphatic heterocycles. The van der Waals surface area contributed by atoms with Crippen LogP contribution in [0.5, 0.6) is 0 Å². The fourth-order valence-electron chi connectivity index (χ4n) is 5.86. The molecule has 1 saturated heterocycles. The van der Waals surface area contributed by atoms with Crippen molar-refractivity contribution in [3.05, 3.63) is 41.0 Å². The smallest absolute Gasteiger partial charge is 0.301 e. The molecule has 2 atom stereocenters. The quantitative estimate of drug-likeness (QED) is 0.365. The van der Waals surface area contributed by atoms with Gasteiger partial charge in [-0.05, 0) is 68.9 Å². The second kappa shape index (κ2) is 15.2. The molecule has 2 fully saturated rings. The van der Waals surface area contributed by atoms with Crippen molar-refractivity contribution in [1.29, 1.82) is 0 Å². The van der Waals surface area contributed by atoms with E-state index in [1.165, 1.54) is 12.1 Å². The van der Waals surface area contributed by atoms with Gasteiger partial charge in [-0.2, -0.15) is 0 Å². The fraction of sp³-hybridized carbons (Fsp3) is 0.606. The summed E-state index contributed by atoms with van der Waals surface area (Å²) in [7, 11) is 1.94. The average Bonchev–Trinajstić information content (AvgIpc) is 3.52. The Morgan fingerprint density at radius 3 is 2.34 bits per heavy atom. The van der Waals surface area contributed by atoms with Gasteiger partial charge in [0.15, 0.2) is 11.4 Å². The predicted molar refractivity (Wildman–Crippen MR) is 171 cm³/mol. The number of amides is 4. The van der Waals surface area contributed by atoms with Gasteiger partial charge in [-0.1, -0.05) is 44.8 Å². The highest BCUT2D eigenvalue weighted by Crippen LogP contribution is 2.31. The lowest BCUT2D eigenvalue weighted by atomic mass is 9.80. The molecule has 0 bridgehead atoms. The first-order valence-electron chi connectivity index (χ1n) is 16.2. The van der Waals surface area contributed by atoms with Crippen molar-refractivity contribution in [2.75, 3.05) is 38.5 Å². The number of carbonyl (C=O) groups excluding carboxylic acids is 4. The molecule has 2 aliphatic rings. The topological polar surface area (TPSA) is 150 Å². The average molecular weight is 658 g/mol. The van der Waals surface area contributed by atoms with Gasteiger partial charge in [-0.25, -0.2) is 18.4 Å². The first-order chi connectivity index (χ1) is 22.2. The molecule has 4 amide bonds. The van der Waals surface area contributed by atoms with Crippen molar-refractivity contribution in [1.82, 2.24) is 25.4 Å². The number of hydrogen-bond acceptors (Lipinski definition) is 8. The zero-order valence-corrected chi connectivity index (χ0v) is 27.9. The fourth-order valence-corrected chi connectivity index (χ4v) is 5.86. The van der Waals surface area contributed by atoms with E-state index in [2.05, 4.69) is 37.8 Å². The first kappa shape index (κ1) is 35.8. The molecule has 0 spiro atoms. The van der Waals surface area contributed by atoms with E-state index < -0.39 is 41.2 Å². The first-order valence-corrected chi connectivity index (χ1v) is 16.2. The largest absolute Gasteiger partial charge is 0.341 e. The Balaban J connectivity index is 1.57. The molecule has 4 rings (SSSR count). The number of hydrogen-bond donors (Lipinski definition) is 2. The monoisotopic (exact) mass is 657 g/mol. The molecule has 14 heteroatoms. The van der Waals surface area contributed by atoms with Crippen LogP contribution < -0.4 is 10.6 Å². The molecule has 0 radical (unpaired) electrons. The number of likely N-dealkylation sites (N-methyl/N-ethyl adjacent to an activating group) is 1. The zero-order chi connectivity index (χ0) is 34.5. The number of rotatable bonds is 10. The highest BCUT2D eigenvalue weighted by Gasteiger charge is 2.37. The summed E-state index contributed by atoms with van der Waals surface area (Å²) >= 11 is 0. The van der Waals surface area contributed by atoms with Gasteiger partial charge >= 0.3 is 5.91 Å². The molecule has 1 saturated carbocycles. The van der Waals surface area contributed by atoms with Crippen LogP contribution in [0.3, 0.4) is 0 Å². The molecule has 1 aromatic carbocycles. The van der Waals surface area contributed by atoms with Gasteiger partial charge in [0.25, 0.3) is 11.8 Å².